The van der Waals surface area contributed by atoms with Crippen LogP contribution in [0.5, 0.6) is 5.88 Å². The zero-order chi connectivity index (χ0) is 23.5. The first-order valence-corrected chi connectivity index (χ1v) is 10.5. The fourth-order valence-corrected chi connectivity index (χ4v) is 3.96. The molecule has 1 aliphatic heterocycles. The zero-order valence-electron chi connectivity index (χ0n) is 18.2. The van der Waals surface area contributed by atoms with Gasteiger partial charge in [-0.05, 0) is 30.3 Å². The van der Waals surface area contributed by atoms with Gasteiger partial charge in [0.25, 0.3) is 6.43 Å². The van der Waals surface area contributed by atoms with E-state index in [-0.39, 0.29) is 17.5 Å². The van der Waals surface area contributed by atoms with Crippen LogP contribution in [0.1, 0.15) is 6.92 Å². The molecule has 12 heteroatoms. The fraction of sp³-hybridized carbons (Fsp3) is 0.429. The highest BCUT2D eigenvalue weighted by atomic mass is 19.3. The summed E-state index contributed by atoms with van der Waals surface area (Å²) >= 11 is 0. The third-order valence-corrected chi connectivity index (χ3v) is 5.63. The number of benzene rings is 1. The highest BCUT2D eigenvalue weighted by Gasteiger charge is 2.32. The number of alkyl halides is 3. The van der Waals surface area contributed by atoms with Gasteiger partial charge in [-0.3, -0.25) is 4.90 Å². The average molecular weight is 462 g/mol. The molecule has 4 rings (SSSR count). The molecule has 1 aliphatic rings. The molecule has 0 amide bonds. The van der Waals surface area contributed by atoms with Crippen molar-refractivity contribution in [1.29, 1.82) is 5.53 Å². The number of halogens is 3. The first kappa shape index (κ1) is 22.8. The van der Waals surface area contributed by atoms with Gasteiger partial charge in [-0.25, -0.2) is 23.2 Å². The Kier molecular flexibility index (Phi) is 6.63. The highest BCUT2D eigenvalue weighted by Crippen LogP contribution is 2.36. The third kappa shape index (κ3) is 4.70. The van der Waals surface area contributed by atoms with Gasteiger partial charge in [0.15, 0.2) is 0 Å². The molecule has 2 aromatic heterocycles. The predicted octanol–water partition coefficient (Wildman–Crippen LogP) is 4.20. The molecule has 3 N–H and O–H groups in total. The molecule has 2 atom stereocenters. The van der Waals surface area contributed by atoms with E-state index in [4.69, 9.17) is 10.3 Å². The van der Waals surface area contributed by atoms with Gasteiger partial charge in [0.05, 0.1) is 25.4 Å². The summed E-state index contributed by atoms with van der Waals surface area (Å²) in [5.74, 6) is 0.527. The molecule has 0 saturated carbocycles. The number of likely N-dealkylation sites (tertiary alicyclic amines) is 1. The SMILES string of the molecule is CCN1C[C@@H](F)[C@@H](Nc2nc(OC)c3c(-c4ccc(N=N)c(NCC(F)F)c4)ccn3n2)C1. The van der Waals surface area contributed by atoms with Crippen LogP contribution in [-0.2, 0) is 0 Å². The van der Waals surface area contributed by atoms with Gasteiger partial charge < -0.3 is 15.4 Å². The average Bonchev–Trinajstić information content (AvgIpc) is 3.40. The minimum atomic E-state index is -2.55. The number of rotatable bonds is 9. The Balaban J connectivity index is 1.68. The van der Waals surface area contributed by atoms with Crippen molar-refractivity contribution >= 4 is 22.8 Å². The lowest BCUT2D eigenvalue weighted by Gasteiger charge is -2.16. The molecule has 3 heterocycles. The van der Waals surface area contributed by atoms with E-state index in [1.54, 1.807) is 35.0 Å². The predicted molar refractivity (Wildman–Crippen MR) is 119 cm³/mol. The van der Waals surface area contributed by atoms with Gasteiger partial charge in [0.2, 0.25) is 11.8 Å². The minimum absolute atomic E-state index is 0.245. The van der Waals surface area contributed by atoms with Crippen LogP contribution in [0.2, 0.25) is 0 Å². The summed E-state index contributed by atoms with van der Waals surface area (Å²) in [6.45, 7) is 3.12. The lowest BCUT2D eigenvalue weighted by Crippen LogP contribution is -2.31. The molecule has 176 valence electrons. The maximum absolute atomic E-state index is 14.4. The molecular weight excluding hydrogens is 437 g/mol. The second kappa shape index (κ2) is 9.61. The van der Waals surface area contributed by atoms with Gasteiger partial charge in [-0.15, -0.1) is 5.10 Å². The van der Waals surface area contributed by atoms with Crippen LogP contribution in [-0.4, -0.2) is 71.4 Å². The maximum atomic E-state index is 14.4. The Morgan fingerprint density at radius 3 is 2.79 bits per heavy atom. The number of aromatic nitrogens is 3. The van der Waals surface area contributed by atoms with Crippen molar-refractivity contribution in [2.75, 3.05) is 43.9 Å². The van der Waals surface area contributed by atoms with Crippen molar-refractivity contribution in [1.82, 2.24) is 19.5 Å². The second-order valence-corrected chi connectivity index (χ2v) is 7.70. The maximum Gasteiger partial charge on any atom is 0.255 e. The molecule has 1 fully saturated rings. The number of likely N-dealkylation sites (N-methyl/N-ethyl adjacent to an activating group) is 1. The van der Waals surface area contributed by atoms with Crippen molar-refractivity contribution in [3.63, 3.8) is 0 Å². The van der Waals surface area contributed by atoms with Gasteiger partial charge in [-0.2, -0.15) is 10.1 Å². The number of methoxy groups -OCH3 is 1. The molecule has 0 bridgehead atoms. The number of nitrogens with zero attached hydrogens (tertiary/aromatic N) is 5. The molecule has 9 nitrogen and oxygen atoms in total. The topological polar surface area (TPSA) is 103 Å². The van der Waals surface area contributed by atoms with Gasteiger partial charge in [0, 0.05) is 24.8 Å². The number of hydrogen-bond donors (Lipinski definition) is 3. The number of ether oxygens (including phenoxy) is 1. The number of nitrogens with one attached hydrogen (secondary N) is 3. The highest BCUT2D eigenvalue weighted by molar-refractivity contribution is 5.87. The monoisotopic (exact) mass is 462 g/mol. The van der Waals surface area contributed by atoms with Crippen LogP contribution in [0.25, 0.3) is 16.6 Å². The molecular formula is C21H25F3N8O. The Morgan fingerprint density at radius 1 is 1.30 bits per heavy atom. The van der Waals surface area contributed by atoms with Crippen LogP contribution in [0.15, 0.2) is 35.6 Å². The van der Waals surface area contributed by atoms with E-state index < -0.39 is 25.2 Å². The summed E-state index contributed by atoms with van der Waals surface area (Å²) < 4.78 is 46.8. The number of anilines is 2. The lowest BCUT2D eigenvalue weighted by atomic mass is 10.1. The molecule has 1 aromatic carbocycles. The molecule has 0 aliphatic carbocycles. The number of fused-ring (bicyclic) bond motifs is 1. The van der Waals surface area contributed by atoms with E-state index in [0.717, 1.165) is 6.54 Å². The van der Waals surface area contributed by atoms with Crippen LogP contribution in [0.4, 0.5) is 30.5 Å². The van der Waals surface area contributed by atoms with Gasteiger partial charge in [0.1, 0.15) is 17.4 Å². The van der Waals surface area contributed by atoms with Crippen LogP contribution < -0.4 is 15.4 Å². The molecule has 1 saturated heterocycles. The Labute approximate surface area is 188 Å². The van der Waals surface area contributed by atoms with Crippen molar-refractivity contribution < 1.29 is 17.9 Å². The van der Waals surface area contributed by atoms with Gasteiger partial charge >= 0.3 is 0 Å². The lowest BCUT2D eigenvalue weighted by molar-refractivity contribution is 0.163. The van der Waals surface area contributed by atoms with Crippen molar-refractivity contribution in [2.24, 2.45) is 5.11 Å². The summed E-state index contributed by atoms with van der Waals surface area (Å²) in [4.78, 5) is 6.44. The molecule has 0 spiro atoms. The Hall–Kier alpha value is -3.41. The first-order valence-electron chi connectivity index (χ1n) is 10.5. The molecule has 3 aromatic rings. The van der Waals surface area contributed by atoms with Crippen LogP contribution >= 0.6 is 0 Å². The summed E-state index contributed by atoms with van der Waals surface area (Å²) in [6, 6.07) is 6.32. The van der Waals surface area contributed by atoms with Crippen LogP contribution in [0, 0.1) is 5.53 Å². The smallest absolute Gasteiger partial charge is 0.255 e. The van der Waals surface area contributed by atoms with E-state index in [1.165, 1.54) is 7.11 Å². The van der Waals surface area contributed by atoms with Crippen LogP contribution in [0.3, 0.4) is 0 Å². The van der Waals surface area contributed by atoms with E-state index in [9.17, 15) is 13.2 Å². The quantitative estimate of drug-likeness (QED) is 0.412. The summed E-state index contributed by atoms with van der Waals surface area (Å²) in [5, 5.41) is 13.5. The van der Waals surface area contributed by atoms with Crippen molar-refractivity contribution in [3.05, 3.63) is 30.5 Å². The fourth-order valence-electron chi connectivity index (χ4n) is 3.96. The normalized spacial score (nSPS) is 18.7. The van der Waals surface area contributed by atoms with E-state index in [1.807, 2.05) is 11.8 Å². The largest absolute Gasteiger partial charge is 0.479 e. The Bertz CT molecular complexity index is 1140. The molecule has 33 heavy (non-hydrogen) atoms. The second-order valence-electron chi connectivity index (χ2n) is 7.70. The van der Waals surface area contributed by atoms with Crippen molar-refractivity contribution in [3.8, 4) is 17.0 Å². The molecule has 0 unspecified atom stereocenters. The van der Waals surface area contributed by atoms with E-state index in [2.05, 4.69) is 25.8 Å². The zero-order valence-corrected chi connectivity index (χ0v) is 18.2. The third-order valence-electron chi connectivity index (χ3n) is 5.63. The van der Waals surface area contributed by atoms with Gasteiger partial charge in [-0.1, -0.05) is 13.0 Å². The number of hydrogen-bond acceptors (Lipinski definition) is 8. The summed E-state index contributed by atoms with van der Waals surface area (Å²) in [5.41, 5.74) is 9.80. The molecule has 0 radical (unpaired) electrons. The minimum Gasteiger partial charge on any atom is -0.479 e. The van der Waals surface area contributed by atoms with E-state index in [0.29, 0.717) is 35.4 Å². The summed E-state index contributed by atoms with van der Waals surface area (Å²) in [6.07, 6.45) is -1.86. The van der Waals surface area contributed by atoms with Crippen molar-refractivity contribution in [2.45, 2.75) is 25.6 Å². The Morgan fingerprint density at radius 2 is 2.12 bits per heavy atom. The summed E-state index contributed by atoms with van der Waals surface area (Å²) in [7, 11) is 1.48. The first-order chi connectivity index (χ1) is 15.9. The van der Waals surface area contributed by atoms with E-state index >= 15 is 0 Å². The standard InChI is InChI=1S/C21H25F3N8O/c1-3-31-10-14(22)17(11-31)27-21-28-20(33-2)19-13(6-7-32(19)30-21)12-4-5-15(29-25)16(8-12)26-9-18(23)24/h4-8,14,17-18,25-26H,3,9-11H2,1-2H3,(H,27,30)/t14-,17+/m1/s1.